The maximum absolute atomic E-state index is 8.86. The van der Waals surface area contributed by atoms with Crippen LogP contribution in [0.4, 0.5) is 0 Å². The summed E-state index contributed by atoms with van der Waals surface area (Å²) in [7, 11) is 2.21. The molecule has 2 atom stereocenters. The van der Waals surface area contributed by atoms with Gasteiger partial charge in [0.2, 0.25) is 0 Å². The van der Waals surface area contributed by atoms with Gasteiger partial charge in [0.25, 0.3) is 0 Å². The maximum atomic E-state index is 8.86. The van der Waals surface area contributed by atoms with Crippen molar-refractivity contribution in [2.24, 2.45) is 5.92 Å². The highest BCUT2D eigenvalue weighted by atomic mass is 16.3. The van der Waals surface area contributed by atoms with E-state index in [1.54, 1.807) is 0 Å². The van der Waals surface area contributed by atoms with Crippen LogP contribution in [0.5, 0.6) is 0 Å². The Labute approximate surface area is 87.5 Å². The molecule has 1 aliphatic carbocycles. The molecule has 0 aromatic carbocycles. The maximum Gasteiger partial charge on any atom is 0.0468 e. The molecular formula is C11H24N2O. The van der Waals surface area contributed by atoms with E-state index in [1.807, 2.05) is 0 Å². The first-order chi connectivity index (χ1) is 6.65. The number of rotatable bonds is 7. The third-order valence-corrected chi connectivity index (χ3v) is 3.06. The lowest BCUT2D eigenvalue weighted by molar-refractivity contribution is 0.216. The minimum Gasteiger partial charge on any atom is -0.396 e. The fourth-order valence-electron chi connectivity index (χ4n) is 1.59. The van der Waals surface area contributed by atoms with Crippen LogP contribution in [-0.4, -0.2) is 48.8 Å². The van der Waals surface area contributed by atoms with E-state index in [-0.39, 0.29) is 6.61 Å². The molecule has 84 valence electrons. The molecule has 2 N–H and O–H groups in total. The summed E-state index contributed by atoms with van der Waals surface area (Å²) < 4.78 is 0. The van der Waals surface area contributed by atoms with E-state index in [9.17, 15) is 0 Å². The molecule has 1 aliphatic rings. The number of hydrogen-bond donors (Lipinski definition) is 2. The first-order valence-corrected chi connectivity index (χ1v) is 5.68. The van der Waals surface area contributed by atoms with Crippen molar-refractivity contribution in [3.05, 3.63) is 0 Å². The molecule has 0 aliphatic heterocycles. The SMILES string of the molecule is CC(CO)CNCC(C)N(C)C1CC1. The molecule has 0 radical (unpaired) electrons. The predicted octanol–water partition coefficient (Wildman–Crippen LogP) is 0.687. The van der Waals surface area contributed by atoms with Crippen molar-refractivity contribution >= 4 is 0 Å². The Balaban J connectivity index is 2.04. The van der Waals surface area contributed by atoms with E-state index >= 15 is 0 Å². The summed E-state index contributed by atoms with van der Waals surface area (Å²) >= 11 is 0. The molecule has 0 spiro atoms. The summed E-state index contributed by atoms with van der Waals surface area (Å²) in [5.74, 6) is 0.369. The van der Waals surface area contributed by atoms with E-state index in [0.717, 1.165) is 19.1 Å². The van der Waals surface area contributed by atoms with Gasteiger partial charge in [-0.2, -0.15) is 0 Å². The zero-order valence-corrected chi connectivity index (χ0v) is 9.66. The molecule has 2 unspecified atom stereocenters. The van der Waals surface area contributed by atoms with Gasteiger partial charge in [0.15, 0.2) is 0 Å². The fourth-order valence-corrected chi connectivity index (χ4v) is 1.59. The second-order valence-corrected chi connectivity index (χ2v) is 4.69. The number of aliphatic hydroxyl groups excluding tert-OH is 1. The van der Waals surface area contributed by atoms with Crippen LogP contribution in [0.1, 0.15) is 26.7 Å². The van der Waals surface area contributed by atoms with Crippen molar-refractivity contribution in [1.82, 2.24) is 10.2 Å². The first kappa shape index (κ1) is 12.0. The average Bonchev–Trinajstić information content (AvgIpc) is 2.99. The quantitative estimate of drug-likeness (QED) is 0.634. The Bertz CT molecular complexity index is 159. The van der Waals surface area contributed by atoms with Crippen LogP contribution in [0.25, 0.3) is 0 Å². The number of likely N-dealkylation sites (N-methyl/N-ethyl adjacent to an activating group) is 1. The topological polar surface area (TPSA) is 35.5 Å². The summed E-state index contributed by atoms with van der Waals surface area (Å²) in [5, 5.41) is 12.3. The van der Waals surface area contributed by atoms with Crippen LogP contribution in [0.15, 0.2) is 0 Å². The van der Waals surface area contributed by atoms with Crippen molar-refractivity contribution in [3.63, 3.8) is 0 Å². The number of nitrogens with zero attached hydrogens (tertiary/aromatic N) is 1. The zero-order valence-electron chi connectivity index (χ0n) is 9.66. The van der Waals surface area contributed by atoms with Crippen molar-refractivity contribution in [2.75, 3.05) is 26.7 Å². The molecule has 1 fully saturated rings. The fraction of sp³-hybridized carbons (Fsp3) is 1.00. The summed E-state index contributed by atoms with van der Waals surface area (Å²) in [6.07, 6.45) is 2.74. The third-order valence-electron chi connectivity index (χ3n) is 3.06. The number of nitrogens with one attached hydrogen (secondary N) is 1. The Morgan fingerprint density at radius 2 is 2.00 bits per heavy atom. The second kappa shape index (κ2) is 5.69. The number of aliphatic hydroxyl groups is 1. The molecule has 1 saturated carbocycles. The molecule has 0 bridgehead atoms. The van der Waals surface area contributed by atoms with Gasteiger partial charge in [-0.3, -0.25) is 4.90 Å². The van der Waals surface area contributed by atoms with E-state index in [2.05, 4.69) is 31.1 Å². The lowest BCUT2D eigenvalue weighted by Crippen LogP contribution is -2.40. The molecule has 0 saturated heterocycles. The van der Waals surface area contributed by atoms with Crippen molar-refractivity contribution in [2.45, 2.75) is 38.8 Å². The van der Waals surface area contributed by atoms with E-state index in [4.69, 9.17) is 5.11 Å². The Morgan fingerprint density at radius 1 is 1.36 bits per heavy atom. The predicted molar refractivity (Wildman–Crippen MR) is 59.4 cm³/mol. The van der Waals surface area contributed by atoms with Gasteiger partial charge in [0.05, 0.1) is 0 Å². The van der Waals surface area contributed by atoms with Crippen LogP contribution in [0.3, 0.4) is 0 Å². The van der Waals surface area contributed by atoms with Crippen molar-refractivity contribution in [3.8, 4) is 0 Å². The summed E-state index contributed by atoms with van der Waals surface area (Å²) in [5.41, 5.74) is 0. The Hall–Kier alpha value is -0.120. The molecule has 3 heteroatoms. The van der Waals surface area contributed by atoms with Gasteiger partial charge < -0.3 is 10.4 Å². The van der Waals surface area contributed by atoms with Gasteiger partial charge in [0, 0.05) is 25.2 Å². The monoisotopic (exact) mass is 200 g/mol. The number of hydrogen-bond acceptors (Lipinski definition) is 3. The summed E-state index contributed by atoms with van der Waals surface area (Å²) in [6, 6.07) is 1.44. The Kier molecular flexibility index (Phi) is 4.85. The molecule has 1 rings (SSSR count). The summed E-state index contributed by atoms with van der Waals surface area (Å²) in [4.78, 5) is 2.45. The lowest BCUT2D eigenvalue weighted by Gasteiger charge is -2.25. The highest BCUT2D eigenvalue weighted by Gasteiger charge is 2.28. The van der Waals surface area contributed by atoms with Gasteiger partial charge in [-0.25, -0.2) is 0 Å². The second-order valence-electron chi connectivity index (χ2n) is 4.69. The largest absolute Gasteiger partial charge is 0.396 e. The van der Waals surface area contributed by atoms with Gasteiger partial charge in [-0.05, 0) is 39.3 Å². The molecule has 0 amide bonds. The van der Waals surface area contributed by atoms with E-state index in [0.29, 0.717) is 12.0 Å². The van der Waals surface area contributed by atoms with Gasteiger partial charge >= 0.3 is 0 Å². The normalized spacial score (nSPS) is 21.2. The lowest BCUT2D eigenvalue weighted by atomic mass is 10.2. The van der Waals surface area contributed by atoms with Gasteiger partial charge in [-0.15, -0.1) is 0 Å². The highest BCUT2D eigenvalue weighted by Crippen LogP contribution is 2.26. The highest BCUT2D eigenvalue weighted by molar-refractivity contribution is 4.85. The minimum absolute atomic E-state index is 0.278. The molecule has 0 heterocycles. The van der Waals surface area contributed by atoms with Gasteiger partial charge in [-0.1, -0.05) is 6.92 Å². The first-order valence-electron chi connectivity index (χ1n) is 5.68. The Morgan fingerprint density at radius 3 is 2.50 bits per heavy atom. The van der Waals surface area contributed by atoms with Crippen LogP contribution >= 0.6 is 0 Å². The van der Waals surface area contributed by atoms with Gasteiger partial charge in [0.1, 0.15) is 0 Å². The minimum atomic E-state index is 0.278. The molecule has 14 heavy (non-hydrogen) atoms. The van der Waals surface area contributed by atoms with E-state index < -0.39 is 0 Å². The molecule has 3 nitrogen and oxygen atoms in total. The smallest absolute Gasteiger partial charge is 0.0468 e. The van der Waals surface area contributed by atoms with Crippen LogP contribution in [0, 0.1) is 5.92 Å². The average molecular weight is 200 g/mol. The van der Waals surface area contributed by atoms with Crippen molar-refractivity contribution in [1.29, 1.82) is 0 Å². The standard InChI is InChI=1S/C11H24N2O/c1-9(8-14)6-12-7-10(2)13(3)11-4-5-11/h9-12,14H,4-8H2,1-3H3. The van der Waals surface area contributed by atoms with E-state index in [1.165, 1.54) is 12.8 Å². The van der Waals surface area contributed by atoms with Crippen LogP contribution in [0.2, 0.25) is 0 Å². The van der Waals surface area contributed by atoms with Crippen LogP contribution in [-0.2, 0) is 0 Å². The molecular weight excluding hydrogens is 176 g/mol. The third kappa shape index (κ3) is 3.95. The summed E-state index contributed by atoms with van der Waals surface area (Å²) in [6.45, 7) is 6.54. The van der Waals surface area contributed by atoms with Crippen LogP contribution < -0.4 is 5.32 Å². The zero-order chi connectivity index (χ0) is 10.6. The molecule has 0 aromatic heterocycles. The van der Waals surface area contributed by atoms with Crippen molar-refractivity contribution < 1.29 is 5.11 Å². The molecule has 0 aromatic rings.